The minimum Gasteiger partial charge on any atom is -0.391 e. The molecule has 5 heteroatoms. The molecule has 2 aliphatic carbocycles. The fourth-order valence-electron chi connectivity index (χ4n) is 3.14. The Balaban J connectivity index is 1.83. The van der Waals surface area contributed by atoms with Crippen LogP contribution in [0.5, 0.6) is 0 Å². The van der Waals surface area contributed by atoms with E-state index in [1.54, 1.807) is 0 Å². The van der Waals surface area contributed by atoms with Crippen LogP contribution in [0.15, 0.2) is 0 Å². The van der Waals surface area contributed by atoms with E-state index >= 15 is 0 Å². The summed E-state index contributed by atoms with van der Waals surface area (Å²) in [6.45, 7) is 0.537. The summed E-state index contributed by atoms with van der Waals surface area (Å²) in [6.07, 6.45) is 7.07. The van der Waals surface area contributed by atoms with E-state index in [0.29, 0.717) is 24.8 Å². The second-order valence-electron chi connectivity index (χ2n) is 5.82. The molecule has 1 aromatic heterocycles. The molecule has 0 aliphatic heterocycles. The van der Waals surface area contributed by atoms with Crippen molar-refractivity contribution in [3.05, 3.63) is 11.4 Å². The van der Waals surface area contributed by atoms with Gasteiger partial charge in [-0.05, 0) is 31.6 Å². The fraction of sp³-hybridized carbons (Fsp3) is 0.786. The number of rotatable bonds is 5. The number of aromatic nitrogens is 3. The van der Waals surface area contributed by atoms with Gasteiger partial charge in [0, 0.05) is 5.92 Å². The Labute approximate surface area is 113 Å². The summed E-state index contributed by atoms with van der Waals surface area (Å²) in [4.78, 5) is 0. The average molecular weight is 260 g/mol. The lowest BCUT2D eigenvalue weighted by atomic mass is 10.0. The molecule has 19 heavy (non-hydrogen) atoms. The minimum atomic E-state index is -0.309. The Morgan fingerprint density at radius 3 is 2.68 bits per heavy atom. The molecule has 1 atom stereocenters. The zero-order chi connectivity index (χ0) is 13.2. The van der Waals surface area contributed by atoms with Gasteiger partial charge in [-0.2, -0.15) is 5.26 Å². The maximum absolute atomic E-state index is 10.1. The minimum absolute atomic E-state index is 0.309. The lowest BCUT2D eigenvalue weighted by Crippen LogP contribution is -2.21. The van der Waals surface area contributed by atoms with Crippen molar-refractivity contribution in [3.8, 4) is 6.07 Å². The van der Waals surface area contributed by atoms with E-state index in [1.165, 1.54) is 12.8 Å². The molecule has 1 aromatic rings. The van der Waals surface area contributed by atoms with Gasteiger partial charge in [-0.15, -0.1) is 5.10 Å². The second kappa shape index (κ2) is 5.30. The molecule has 2 fully saturated rings. The molecule has 1 heterocycles. The Morgan fingerprint density at radius 1 is 1.32 bits per heavy atom. The highest BCUT2D eigenvalue weighted by Crippen LogP contribution is 2.37. The molecule has 0 amide bonds. The highest BCUT2D eigenvalue weighted by atomic mass is 16.3. The maximum atomic E-state index is 10.1. The van der Waals surface area contributed by atoms with Gasteiger partial charge in [0.1, 0.15) is 5.69 Å². The van der Waals surface area contributed by atoms with Gasteiger partial charge in [0.2, 0.25) is 0 Å². The molecule has 102 valence electrons. The van der Waals surface area contributed by atoms with Gasteiger partial charge < -0.3 is 5.11 Å². The standard InChI is InChI=1S/C14H20N4O/c15-8-7-12-14(11-3-1-2-4-11)18(17-16-12)9-13(19)10-5-6-10/h10-11,13,19H,1-7,9H2. The Bertz CT molecular complexity index is 480. The monoisotopic (exact) mass is 260 g/mol. The van der Waals surface area contributed by atoms with E-state index in [4.69, 9.17) is 5.26 Å². The van der Waals surface area contributed by atoms with Crippen LogP contribution >= 0.6 is 0 Å². The van der Waals surface area contributed by atoms with Gasteiger partial charge in [0.05, 0.1) is 30.8 Å². The highest BCUT2D eigenvalue weighted by molar-refractivity contribution is 5.20. The molecule has 0 spiro atoms. The van der Waals surface area contributed by atoms with E-state index < -0.39 is 0 Å². The summed E-state index contributed by atoms with van der Waals surface area (Å²) in [6, 6.07) is 2.17. The molecule has 5 nitrogen and oxygen atoms in total. The van der Waals surface area contributed by atoms with Crippen LogP contribution in [0, 0.1) is 17.2 Å². The molecule has 3 rings (SSSR count). The van der Waals surface area contributed by atoms with Crippen molar-refractivity contribution in [2.24, 2.45) is 5.92 Å². The number of nitrogens with zero attached hydrogens (tertiary/aromatic N) is 4. The van der Waals surface area contributed by atoms with Crippen LogP contribution in [-0.4, -0.2) is 26.2 Å². The van der Waals surface area contributed by atoms with E-state index in [2.05, 4.69) is 16.4 Å². The van der Waals surface area contributed by atoms with Crippen molar-refractivity contribution in [1.29, 1.82) is 5.26 Å². The fourth-order valence-corrected chi connectivity index (χ4v) is 3.14. The first-order valence-corrected chi connectivity index (χ1v) is 7.27. The Morgan fingerprint density at radius 2 is 2.05 bits per heavy atom. The van der Waals surface area contributed by atoms with E-state index in [-0.39, 0.29) is 6.10 Å². The average Bonchev–Trinajstić information content (AvgIpc) is 2.99. The summed E-state index contributed by atoms with van der Waals surface area (Å²) in [5.41, 5.74) is 1.93. The van der Waals surface area contributed by atoms with Crippen LogP contribution < -0.4 is 0 Å². The summed E-state index contributed by atoms with van der Waals surface area (Å²) in [5, 5.41) is 27.3. The SMILES string of the molecule is N#CCc1nnn(CC(O)C2CC2)c1C1CCCC1. The number of hydrogen-bond donors (Lipinski definition) is 1. The third-order valence-corrected chi connectivity index (χ3v) is 4.36. The number of aliphatic hydroxyl groups is 1. The van der Waals surface area contributed by atoms with Crippen LogP contribution in [0.3, 0.4) is 0 Å². The van der Waals surface area contributed by atoms with Crippen LogP contribution in [0.1, 0.15) is 55.8 Å². The highest BCUT2D eigenvalue weighted by Gasteiger charge is 2.32. The van der Waals surface area contributed by atoms with Crippen LogP contribution in [-0.2, 0) is 13.0 Å². The molecular weight excluding hydrogens is 240 g/mol. The van der Waals surface area contributed by atoms with Crippen molar-refractivity contribution in [1.82, 2.24) is 15.0 Å². The van der Waals surface area contributed by atoms with Gasteiger partial charge >= 0.3 is 0 Å². The van der Waals surface area contributed by atoms with Crippen molar-refractivity contribution in [2.75, 3.05) is 0 Å². The predicted molar refractivity (Wildman–Crippen MR) is 69.3 cm³/mol. The quantitative estimate of drug-likeness (QED) is 0.875. The van der Waals surface area contributed by atoms with Crippen molar-refractivity contribution < 1.29 is 5.11 Å². The van der Waals surface area contributed by atoms with Crippen molar-refractivity contribution in [3.63, 3.8) is 0 Å². The first kappa shape index (κ1) is 12.6. The molecular formula is C14H20N4O. The van der Waals surface area contributed by atoms with Crippen LogP contribution in [0.4, 0.5) is 0 Å². The summed E-state index contributed by atoms with van der Waals surface area (Å²) < 4.78 is 1.87. The largest absolute Gasteiger partial charge is 0.391 e. The first-order valence-electron chi connectivity index (χ1n) is 7.27. The third-order valence-electron chi connectivity index (χ3n) is 4.36. The van der Waals surface area contributed by atoms with Gasteiger partial charge in [-0.1, -0.05) is 18.1 Å². The van der Waals surface area contributed by atoms with Gasteiger partial charge in [0.15, 0.2) is 0 Å². The normalized spacial score (nSPS) is 21.5. The lowest BCUT2D eigenvalue weighted by molar-refractivity contribution is 0.124. The third kappa shape index (κ3) is 2.64. The number of hydrogen-bond acceptors (Lipinski definition) is 4. The smallest absolute Gasteiger partial charge is 0.100 e. The van der Waals surface area contributed by atoms with E-state index in [1.807, 2.05) is 4.68 Å². The number of aliphatic hydroxyl groups excluding tert-OH is 1. The molecule has 1 N–H and O–H groups in total. The van der Waals surface area contributed by atoms with Crippen LogP contribution in [0.25, 0.3) is 0 Å². The molecule has 0 bridgehead atoms. The summed E-state index contributed by atoms with van der Waals surface area (Å²) >= 11 is 0. The summed E-state index contributed by atoms with van der Waals surface area (Å²) in [7, 11) is 0. The van der Waals surface area contributed by atoms with Gasteiger partial charge in [-0.25, -0.2) is 4.68 Å². The summed E-state index contributed by atoms with van der Waals surface area (Å²) in [5.74, 6) is 0.921. The molecule has 0 saturated heterocycles. The molecule has 2 saturated carbocycles. The second-order valence-corrected chi connectivity index (χ2v) is 5.82. The number of nitriles is 1. The molecule has 1 unspecified atom stereocenters. The zero-order valence-corrected chi connectivity index (χ0v) is 11.1. The maximum Gasteiger partial charge on any atom is 0.100 e. The zero-order valence-electron chi connectivity index (χ0n) is 11.1. The van der Waals surface area contributed by atoms with E-state index in [0.717, 1.165) is 37.1 Å². The van der Waals surface area contributed by atoms with Gasteiger partial charge in [0.25, 0.3) is 0 Å². The first-order chi connectivity index (χ1) is 9.29. The lowest BCUT2D eigenvalue weighted by Gasteiger charge is -2.15. The molecule has 2 aliphatic rings. The van der Waals surface area contributed by atoms with Crippen molar-refractivity contribution >= 4 is 0 Å². The van der Waals surface area contributed by atoms with E-state index in [9.17, 15) is 5.11 Å². The molecule has 0 radical (unpaired) electrons. The predicted octanol–water partition coefficient (Wildman–Crippen LogP) is 1.77. The molecule has 0 aromatic carbocycles. The Hall–Kier alpha value is -1.41. The van der Waals surface area contributed by atoms with Crippen molar-refractivity contribution in [2.45, 2.75) is 63.5 Å². The van der Waals surface area contributed by atoms with Crippen LogP contribution in [0.2, 0.25) is 0 Å². The topological polar surface area (TPSA) is 74.7 Å². The Kier molecular flexibility index (Phi) is 3.52. The van der Waals surface area contributed by atoms with Gasteiger partial charge in [-0.3, -0.25) is 0 Å².